The molecule has 0 bridgehead atoms. The van der Waals surface area contributed by atoms with Crippen molar-refractivity contribution in [2.24, 2.45) is 0 Å². The van der Waals surface area contributed by atoms with Crippen LogP contribution >= 0.6 is 0 Å². The van der Waals surface area contributed by atoms with Gasteiger partial charge in [0.1, 0.15) is 6.33 Å². The van der Waals surface area contributed by atoms with E-state index in [2.05, 4.69) is 43.2 Å². The second-order valence-corrected chi connectivity index (χ2v) is 5.08. The summed E-state index contributed by atoms with van der Waals surface area (Å²) in [7, 11) is 0. The summed E-state index contributed by atoms with van der Waals surface area (Å²) < 4.78 is 3.92. The molecule has 7 heteroatoms. The van der Waals surface area contributed by atoms with Crippen LogP contribution < -0.4 is 5.32 Å². The Kier molecular flexibility index (Phi) is 2.45. The molecule has 4 heterocycles. The molecule has 1 N–H and O–H groups in total. The lowest BCUT2D eigenvalue weighted by Crippen LogP contribution is -2.21. The molecule has 4 rings (SSSR count). The summed E-state index contributed by atoms with van der Waals surface area (Å²) in [5.74, 6) is 0. The minimum Gasteiger partial charge on any atom is -0.377 e. The topological polar surface area (TPSA) is 72.9 Å². The second-order valence-electron chi connectivity index (χ2n) is 5.08. The molecular weight excluding hydrogens is 254 g/mol. The Balaban J connectivity index is 1.65. The lowest BCUT2D eigenvalue weighted by Gasteiger charge is -2.14. The largest absolute Gasteiger partial charge is 0.377 e. The molecule has 1 aliphatic heterocycles. The first-order chi connectivity index (χ1) is 9.83. The number of anilines is 1. The predicted molar refractivity (Wildman–Crippen MR) is 73.5 cm³/mol. The van der Waals surface area contributed by atoms with Gasteiger partial charge in [-0.05, 0) is 12.5 Å². The van der Waals surface area contributed by atoms with Crippen LogP contribution in [0.4, 0.5) is 5.69 Å². The first-order valence-electron chi connectivity index (χ1n) is 6.79. The predicted octanol–water partition coefficient (Wildman–Crippen LogP) is 0.920. The van der Waals surface area contributed by atoms with Crippen molar-refractivity contribution in [1.82, 2.24) is 29.4 Å². The van der Waals surface area contributed by atoms with Gasteiger partial charge in [0, 0.05) is 30.9 Å². The normalized spacial score (nSPS) is 17.6. The maximum atomic E-state index is 4.45. The quantitative estimate of drug-likeness (QED) is 0.765. The molecule has 0 fully saturated rings. The third-order valence-corrected chi connectivity index (χ3v) is 3.71. The number of nitrogens with one attached hydrogen (secondary N) is 1. The monoisotopic (exact) mass is 269 g/mol. The first-order valence-corrected chi connectivity index (χ1v) is 6.79. The molecule has 0 aliphatic carbocycles. The Morgan fingerprint density at radius 1 is 1.40 bits per heavy atom. The van der Waals surface area contributed by atoms with E-state index >= 15 is 0 Å². The van der Waals surface area contributed by atoms with Crippen molar-refractivity contribution in [3.8, 4) is 0 Å². The van der Waals surface area contributed by atoms with Crippen LogP contribution in [0.1, 0.15) is 18.3 Å². The number of aryl methyl sites for hydroxylation is 1. The van der Waals surface area contributed by atoms with Crippen LogP contribution in [0.25, 0.3) is 5.65 Å². The maximum absolute atomic E-state index is 4.45. The SMILES string of the molecule is CCc1cc(NC2Cc3cncn3C2)c2nncn2n1. The number of hydrogen-bond acceptors (Lipinski definition) is 5. The van der Waals surface area contributed by atoms with Crippen LogP contribution in [0.2, 0.25) is 0 Å². The molecule has 1 unspecified atom stereocenters. The summed E-state index contributed by atoms with van der Waals surface area (Å²) in [4.78, 5) is 4.15. The van der Waals surface area contributed by atoms with Crippen molar-refractivity contribution in [3.63, 3.8) is 0 Å². The molecule has 0 radical (unpaired) electrons. The Morgan fingerprint density at radius 3 is 3.20 bits per heavy atom. The zero-order valence-corrected chi connectivity index (χ0v) is 11.2. The van der Waals surface area contributed by atoms with E-state index in [1.165, 1.54) is 5.69 Å². The van der Waals surface area contributed by atoms with Gasteiger partial charge in [-0.3, -0.25) is 0 Å². The van der Waals surface area contributed by atoms with E-state index < -0.39 is 0 Å². The van der Waals surface area contributed by atoms with E-state index in [1.54, 1.807) is 10.8 Å². The first kappa shape index (κ1) is 11.4. The van der Waals surface area contributed by atoms with Gasteiger partial charge in [-0.15, -0.1) is 10.2 Å². The lowest BCUT2D eigenvalue weighted by atomic mass is 10.2. The summed E-state index contributed by atoms with van der Waals surface area (Å²) in [6, 6.07) is 2.43. The lowest BCUT2D eigenvalue weighted by molar-refractivity contribution is 0.671. The average molecular weight is 269 g/mol. The minimum atomic E-state index is 0.362. The fraction of sp³-hybridized carbons (Fsp3) is 0.385. The van der Waals surface area contributed by atoms with Gasteiger partial charge < -0.3 is 9.88 Å². The van der Waals surface area contributed by atoms with Crippen LogP contribution in [0.5, 0.6) is 0 Å². The van der Waals surface area contributed by atoms with Crippen molar-refractivity contribution in [1.29, 1.82) is 0 Å². The van der Waals surface area contributed by atoms with Gasteiger partial charge >= 0.3 is 0 Å². The number of fused-ring (bicyclic) bond motifs is 2. The fourth-order valence-corrected chi connectivity index (χ4v) is 2.71. The van der Waals surface area contributed by atoms with Gasteiger partial charge in [0.2, 0.25) is 5.65 Å². The molecule has 1 atom stereocenters. The van der Waals surface area contributed by atoms with E-state index in [1.807, 2.05) is 12.5 Å². The number of nitrogens with zero attached hydrogens (tertiary/aromatic N) is 6. The molecule has 3 aromatic heterocycles. The van der Waals surface area contributed by atoms with E-state index in [-0.39, 0.29) is 0 Å². The van der Waals surface area contributed by atoms with E-state index in [9.17, 15) is 0 Å². The zero-order chi connectivity index (χ0) is 13.5. The van der Waals surface area contributed by atoms with Crippen molar-refractivity contribution in [2.45, 2.75) is 32.4 Å². The number of aromatic nitrogens is 6. The van der Waals surface area contributed by atoms with E-state index in [4.69, 9.17) is 0 Å². The minimum absolute atomic E-state index is 0.362. The summed E-state index contributed by atoms with van der Waals surface area (Å²) in [6.07, 6.45) is 7.31. The van der Waals surface area contributed by atoms with Crippen LogP contribution in [0.3, 0.4) is 0 Å². The molecule has 0 amide bonds. The standard InChI is InChI=1S/C13H15N7/c1-2-9-4-12(13-17-15-8-20(13)18-9)16-10-3-11-5-14-7-19(11)6-10/h4-5,7-8,10,16H,2-3,6H2,1H3. The number of hydrogen-bond donors (Lipinski definition) is 1. The van der Waals surface area contributed by atoms with Gasteiger partial charge in [0.15, 0.2) is 0 Å². The van der Waals surface area contributed by atoms with Crippen LogP contribution in [0.15, 0.2) is 24.9 Å². The molecule has 3 aromatic rings. The summed E-state index contributed by atoms with van der Waals surface area (Å²) in [5.41, 5.74) is 4.07. The maximum Gasteiger partial charge on any atom is 0.200 e. The summed E-state index contributed by atoms with van der Waals surface area (Å²) in [5, 5.41) is 16.1. The fourth-order valence-electron chi connectivity index (χ4n) is 2.71. The highest BCUT2D eigenvalue weighted by Crippen LogP contribution is 2.21. The van der Waals surface area contributed by atoms with Gasteiger partial charge in [0.05, 0.1) is 17.7 Å². The Bertz CT molecular complexity index is 737. The van der Waals surface area contributed by atoms with E-state index in [0.29, 0.717) is 6.04 Å². The van der Waals surface area contributed by atoms with Gasteiger partial charge in [-0.1, -0.05) is 6.92 Å². The smallest absolute Gasteiger partial charge is 0.200 e. The van der Waals surface area contributed by atoms with Crippen molar-refractivity contribution in [2.75, 3.05) is 5.32 Å². The number of imidazole rings is 1. The summed E-state index contributed by atoms with van der Waals surface area (Å²) >= 11 is 0. The highest BCUT2D eigenvalue weighted by atomic mass is 15.3. The Hall–Kier alpha value is -2.44. The van der Waals surface area contributed by atoms with Crippen LogP contribution in [0, 0.1) is 0 Å². The highest BCUT2D eigenvalue weighted by Gasteiger charge is 2.22. The summed E-state index contributed by atoms with van der Waals surface area (Å²) in [6.45, 7) is 3.02. The third-order valence-electron chi connectivity index (χ3n) is 3.71. The Morgan fingerprint density at radius 2 is 2.35 bits per heavy atom. The van der Waals surface area contributed by atoms with Crippen LogP contribution in [-0.4, -0.2) is 35.4 Å². The van der Waals surface area contributed by atoms with Crippen molar-refractivity contribution >= 4 is 11.3 Å². The number of rotatable bonds is 3. The molecule has 20 heavy (non-hydrogen) atoms. The molecule has 0 aromatic carbocycles. The molecule has 0 saturated carbocycles. The highest BCUT2D eigenvalue weighted by molar-refractivity contribution is 5.67. The molecule has 7 nitrogen and oxygen atoms in total. The third kappa shape index (κ3) is 1.74. The van der Waals surface area contributed by atoms with Crippen molar-refractivity contribution in [3.05, 3.63) is 36.3 Å². The molecule has 102 valence electrons. The second kappa shape index (κ2) is 4.29. The van der Waals surface area contributed by atoms with Crippen LogP contribution in [-0.2, 0) is 19.4 Å². The molecule has 0 saturated heterocycles. The molecule has 0 spiro atoms. The van der Waals surface area contributed by atoms with Crippen molar-refractivity contribution < 1.29 is 0 Å². The van der Waals surface area contributed by atoms with Gasteiger partial charge in [-0.25, -0.2) is 4.98 Å². The van der Waals surface area contributed by atoms with E-state index in [0.717, 1.165) is 36.4 Å². The van der Waals surface area contributed by atoms with Gasteiger partial charge in [0.25, 0.3) is 0 Å². The molecule has 1 aliphatic rings. The molecular formula is C13H15N7. The zero-order valence-electron chi connectivity index (χ0n) is 11.2. The average Bonchev–Trinajstić information content (AvgIpc) is 3.12. The Labute approximate surface area is 115 Å². The van der Waals surface area contributed by atoms with Gasteiger partial charge in [-0.2, -0.15) is 9.61 Å².